The summed E-state index contributed by atoms with van der Waals surface area (Å²) >= 11 is 3.60. The highest BCUT2D eigenvalue weighted by molar-refractivity contribution is 9.10. The fourth-order valence-corrected chi connectivity index (χ4v) is 2.52. The van der Waals surface area contributed by atoms with Crippen molar-refractivity contribution in [2.75, 3.05) is 27.2 Å². The van der Waals surface area contributed by atoms with Crippen LogP contribution in [0.1, 0.15) is 31.4 Å². The zero-order valence-electron chi connectivity index (χ0n) is 11.4. The Balaban J connectivity index is 2.92. The molecule has 18 heavy (non-hydrogen) atoms. The van der Waals surface area contributed by atoms with Gasteiger partial charge >= 0.3 is 0 Å². The lowest BCUT2D eigenvalue weighted by molar-refractivity contribution is 0.245. The molecular formula is C14H23BrN2O. The third kappa shape index (κ3) is 3.97. The molecule has 0 amide bonds. The van der Waals surface area contributed by atoms with E-state index < -0.39 is 0 Å². The van der Waals surface area contributed by atoms with E-state index in [1.54, 1.807) is 7.11 Å². The maximum Gasteiger partial charge on any atom is 0.119 e. The SMILES string of the molecule is CCCCN(C)C(CN)c1cc(OC)ccc1Br. The quantitative estimate of drug-likeness (QED) is 0.840. The Hall–Kier alpha value is -0.580. The number of unbranched alkanes of at least 4 members (excludes halogenated alkanes) is 1. The van der Waals surface area contributed by atoms with Crippen LogP contribution < -0.4 is 10.5 Å². The number of ether oxygens (including phenoxy) is 1. The molecule has 1 rings (SSSR count). The summed E-state index contributed by atoms with van der Waals surface area (Å²) in [6, 6.07) is 6.25. The second-order valence-corrected chi connectivity index (χ2v) is 5.33. The number of hydrogen-bond acceptors (Lipinski definition) is 3. The molecule has 0 bridgehead atoms. The van der Waals surface area contributed by atoms with Crippen molar-refractivity contribution in [3.05, 3.63) is 28.2 Å². The fraction of sp³-hybridized carbons (Fsp3) is 0.571. The normalized spacial score (nSPS) is 12.8. The van der Waals surface area contributed by atoms with Crippen LogP contribution in [0.25, 0.3) is 0 Å². The molecule has 0 heterocycles. The van der Waals surface area contributed by atoms with Crippen LogP contribution in [0.3, 0.4) is 0 Å². The van der Waals surface area contributed by atoms with Gasteiger partial charge in [-0.15, -0.1) is 0 Å². The Morgan fingerprint density at radius 2 is 2.17 bits per heavy atom. The number of nitrogens with zero attached hydrogens (tertiary/aromatic N) is 1. The lowest BCUT2D eigenvalue weighted by Crippen LogP contribution is -2.31. The summed E-state index contributed by atoms with van der Waals surface area (Å²) in [4.78, 5) is 2.31. The average molecular weight is 315 g/mol. The first-order valence-electron chi connectivity index (χ1n) is 6.37. The van der Waals surface area contributed by atoms with Gasteiger partial charge < -0.3 is 10.5 Å². The Morgan fingerprint density at radius 1 is 1.44 bits per heavy atom. The van der Waals surface area contributed by atoms with Crippen LogP contribution in [-0.4, -0.2) is 32.1 Å². The van der Waals surface area contributed by atoms with Gasteiger partial charge in [-0.05, 0) is 43.8 Å². The van der Waals surface area contributed by atoms with E-state index in [1.165, 1.54) is 18.4 Å². The first kappa shape index (κ1) is 15.5. The summed E-state index contributed by atoms with van der Waals surface area (Å²) in [7, 11) is 3.81. The zero-order valence-corrected chi connectivity index (χ0v) is 13.0. The molecule has 1 aromatic carbocycles. The van der Waals surface area contributed by atoms with Gasteiger partial charge in [0.2, 0.25) is 0 Å². The second-order valence-electron chi connectivity index (χ2n) is 4.47. The Bertz CT molecular complexity index is 371. The van der Waals surface area contributed by atoms with Crippen molar-refractivity contribution in [2.45, 2.75) is 25.8 Å². The third-order valence-corrected chi connectivity index (χ3v) is 3.90. The lowest BCUT2D eigenvalue weighted by Gasteiger charge is -2.28. The molecule has 1 aromatic rings. The third-order valence-electron chi connectivity index (χ3n) is 3.18. The van der Waals surface area contributed by atoms with Gasteiger partial charge in [0, 0.05) is 17.1 Å². The highest BCUT2D eigenvalue weighted by atomic mass is 79.9. The number of halogens is 1. The van der Waals surface area contributed by atoms with Crippen LogP contribution in [0.2, 0.25) is 0 Å². The van der Waals surface area contributed by atoms with E-state index >= 15 is 0 Å². The van der Waals surface area contributed by atoms with Gasteiger partial charge in [0.1, 0.15) is 5.75 Å². The molecule has 3 nitrogen and oxygen atoms in total. The van der Waals surface area contributed by atoms with E-state index in [9.17, 15) is 0 Å². The predicted molar refractivity (Wildman–Crippen MR) is 80.0 cm³/mol. The van der Waals surface area contributed by atoms with Crippen LogP contribution in [0.5, 0.6) is 5.75 Å². The summed E-state index contributed by atoms with van der Waals surface area (Å²) in [6.45, 7) is 3.86. The molecule has 1 atom stereocenters. The van der Waals surface area contributed by atoms with Crippen LogP contribution in [0.15, 0.2) is 22.7 Å². The highest BCUT2D eigenvalue weighted by Crippen LogP contribution is 2.30. The van der Waals surface area contributed by atoms with E-state index in [0.717, 1.165) is 16.8 Å². The van der Waals surface area contributed by atoms with E-state index in [1.807, 2.05) is 12.1 Å². The smallest absolute Gasteiger partial charge is 0.119 e. The van der Waals surface area contributed by atoms with Crippen molar-refractivity contribution in [1.29, 1.82) is 0 Å². The number of methoxy groups -OCH3 is 1. The minimum atomic E-state index is 0.223. The van der Waals surface area contributed by atoms with Gasteiger partial charge in [-0.3, -0.25) is 4.90 Å². The van der Waals surface area contributed by atoms with E-state index in [2.05, 4.69) is 40.9 Å². The van der Waals surface area contributed by atoms with Crippen molar-refractivity contribution < 1.29 is 4.74 Å². The van der Waals surface area contributed by atoms with Gasteiger partial charge in [-0.25, -0.2) is 0 Å². The average Bonchev–Trinajstić information content (AvgIpc) is 2.39. The van der Waals surface area contributed by atoms with Gasteiger partial charge in [-0.1, -0.05) is 29.3 Å². The Labute approximate surface area is 118 Å². The summed E-state index contributed by atoms with van der Waals surface area (Å²) in [5, 5.41) is 0. The second kappa shape index (κ2) is 7.77. The number of rotatable bonds is 7. The summed E-state index contributed by atoms with van der Waals surface area (Å²) in [5.41, 5.74) is 7.12. The van der Waals surface area contributed by atoms with Crippen molar-refractivity contribution in [3.8, 4) is 5.75 Å². The van der Waals surface area contributed by atoms with Crippen LogP contribution in [-0.2, 0) is 0 Å². The number of likely N-dealkylation sites (N-methyl/N-ethyl adjacent to an activating group) is 1. The molecule has 0 aliphatic carbocycles. The van der Waals surface area contributed by atoms with Crippen molar-refractivity contribution >= 4 is 15.9 Å². The van der Waals surface area contributed by atoms with Gasteiger partial charge in [0.15, 0.2) is 0 Å². The summed E-state index contributed by atoms with van der Waals surface area (Å²) < 4.78 is 6.37. The first-order chi connectivity index (χ1) is 8.63. The highest BCUT2D eigenvalue weighted by Gasteiger charge is 2.18. The molecule has 0 saturated carbocycles. The summed E-state index contributed by atoms with van der Waals surface area (Å²) in [6.07, 6.45) is 2.38. The zero-order chi connectivity index (χ0) is 13.5. The van der Waals surface area contributed by atoms with E-state index in [4.69, 9.17) is 10.5 Å². The number of hydrogen-bond donors (Lipinski definition) is 1. The predicted octanol–water partition coefficient (Wildman–Crippen LogP) is 3.19. The molecule has 0 aliphatic rings. The largest absolute Gasteiger partial charge is 0.497 e. The lowest BCUT2D eigenvalue weighted by atomic mass is 10.0. The van der Waals surface area contributed by atoms with Crippen LogP contribution >= 0.6 is 15.9 Å². The molecule has 0 fully saturated rings. The number of nitrogens with two attached hydrogens (primary N) is 1. The number of benzene rings is 1. The molecule has 1 unspecified atom stereocenters. The maximum absolute atomic E-state index is 5.93. The fourth-order valence-electron chi connectivity index (χ4n) is 2.01. The molecule has 0 radical (unpaired) electrons. The van der Waals surface area contributed by atoms with Gasteiger partial charge in [0.05, 0.1) is 7.11 Å². The summed E-state index contributed by atoms with van der Waals surface area (Å²) in [5.74, 6) is 0.871. The molecule has 102 valence electrons. The minimum absolute atomic E-state index is 0.223. The van der Waals surface area contributed by atoms with Crippen molar-refractivity contribution in [2.24, 2.45) is 5.73 Å². The topological polar surface area (TPSA) is 38.5 Å². The van der Waals surface area contributed by atoms with Gasteiger partial charge in [0.25, 0.3) is 0 Å². The monoisotopic (exact) mass is 314 g/mol. The first-order valence-corrected chi connectivity index (χ1v) is 7.17. The molecule has 0 aliphatic heterocycles. The minimum Gasteiger partial charge on any atom is -0.497 e. The Morgan fingerprint density at radius 3 is 2.72 bits per heavy atom. The molecule has 2 N–H and O–H groups in total. The van der Waals surface area contributed by atoms with E-state index in [0.29, 0.717) is 6.54 Å². The molecular weight excluding hydrogens is 292 g/mol. The van der Waals surface area contributed by atoms with E-state index in [-0.39, 0.29) is 6.04 Å². The van der Waals surface area contributed by atoms with Crippen molar-refractivity contribution in [1.82, 2.24) is 4.90 Å². The van der Waals surface area contributed by atoms with Crippen molar-refractivity contribution in [3.63, 3.8) is 0 Å². The van der Waals surface area contributed by atoms with Crippen LogP contribution in [0.4, 0.5) is 0 Å². The Kier molecular flexibility index (Phi) is 6.68. The van der Waals surface area contributed by atoms with Crippen LogP contribution in [0, 0.1) is 0 Å². The molecule has 0 aromatic heterocycles. The van der Waals surface area contributed by atoms with Gasteiger partial charge in [-0.2, -0.15) is 0 Å². The maximum atomic E-state index is 5.93. The standard InChI is InChI=1S/C14H23BrN2O/c1-4-5-8-17(2)14(10-16)12-9-11(18-3)6-7-13(12)15/h6-7,9,14H,4-5,8,10,16H2,1-3H3. The molecule has 0 spiro atoms. The molecule has 4 heteroatoms. The molecule has 0 saturated heterocycles.